The van der Waals surface area contributed by atoms with Gasteiger partial charge in [-0.15, -0.1) is 0 Å². The third-order valence-electron chi connectivity index (χ3n) is 4.31. The van der Waals surface area contributed by atoms with Crippen molar-refractivity contribution in [2.45, 2.75) is 77.9 Å². The lowest BCUT2D eigenvalue weighted by Crippen LogP contribution is -2.51. The Bertz CT molecular complexity index is 273. The fraction of sp³-hybridized carbons (Fsp3) is 0.938. The van der Waals surface area contributed by atoms with Gasteiger partial charge in [0.1, 0.15) is 0 Å². The molecule has 2 atom stereocenters. The van der Waals surface area contributed by atoms with Gasteiger partial charge in [-0.25, -0.2) is 0 Å². The van der Waals surface area contributed by atoms with E-state index in [0.29, 0.717) is 12.1 Å². The van der Waals surface area contributed by atoms with Gasteiger partial charge in [-0.3, -0.25) is 4.79 Å². The first-order chi connectivity index (χ1) is 9.56. The summed E-state index contributed by atoms with van der Waals surface area (Å²) >= 11 is 0. The highest BCUT2D eigenvalue weighted by molar-refractivity contribution is 5.81. The van der Waals surface area contributed by atoms with Gasteiger partial charge in [-0.1, -0.05) is 33.1 Å². The third-order valence-corrected chi connectivity index (χ3v) is 4.31. The molecule has 20 heavy (non-hydrogen) atoms. The molecule has 1 fully saturated rings. The van der Waals surface area contributed by atoms with Crippen LogP contribution in [0, 0.1) is 0 Å². The van der Waals surface area contributed by atoms with Crippen LogP contribution in [0.3, 0.4) is 0 Å². The van der Waals surface area contributed by atoms with Crippen LogP contribution in [0.2, 0.25) is 0 Å². The van der Waals surface area contributed by atoms with Gasteiger partial charge < -0.3 is 15.5 Å². The minimum absolute atomic E-state index is 0.109. The molecular formula is C16H33N3O. The summed E-state index contributed by atoms with van der Waals surface area (Å²) in [7, 11) is 0. The zero-order chi connectivity index (χ0) is 15.0. The molecule has 1 aliphatic rings. The highest BCUT2D eigenvalue weighted by atomic mass is 16.2. The van der Waals surface area contributed by atoms with Gasteiger partial charge in [0, 0.05) is 18.6 Å². The summed E-state index contributed by atoms with van der Waals surface area (Å²) in [6, 6.07) is 0.628. The van der Waals surface area contributed by atoms with Crippen molar-refractivity contribution in [2.24, 2.45) is 0 Å². The lowest BCUT2D eigenvalue weighted by molar-refractivity contribution is -0.123. The van der Waals surface area contributed by atoms with Crippen molar-refractivity contribution in [3.05, 3.63) is 0 Å². The maximum Gasteiger partial charge on any atom is 0.237 e. The van der Waals surface area contributed by atoms with Gasteiger partial charge in [0.15, 0.2) is 0 Å². The molecule has 0 aromatic rings. The Hall–Kier alpha value is -0.610. The molecular weight excluding hydrogens is 250 g/mol. The van der Waals surface area contributed by atoms with Crippen LogP contribution >= 0.6 is 0 Å². The average Bonchev–Trinajstić information content (AvgIpc) is 2.45. The van der Waals surface area contributed by atoms with Crippen LogP contribution in [0.15, 0.2) is 0 Å². The van der Waals surface area contributed by atoms with Crippen LogP contribution in [0.1, 0.15) is 59.8 Å². The summed E-state index contributed by atoms with van der Waals surface area (Å²) < 4.78 is 0. The SMILES string of the molecule is CCN(CC)CC(C)NC(C)C(=O)NC1CCCCC1. The first-order valence-corrected chi connectivity index (χ1v) is 8.35. The molecule has 2 N–H and O–H groups in total. The van der Waals surface area contributed by atoms with Crippen LogP contribution in [-0.2, 0) is 4.79 Å². The van der Waals surface area contributed by atoms with Crippen molar-refractivity contribution < 1.29 is 4.79 Å². The molecule has 4 nitrogen and oxygen atoms in total. The summed E-state index contributed by atoms with van der Waals surface area (Å²) in [5.41, 5.74) is 0. The summed E-state index contributed by atoms with van der Waals surface area (Å²) in [5, 5.41) is 6.60. The van der Waals surface area contributed by atoms with Crippen LogP contribution < -0.4 is 10.6 Å². The predicted molar refractivity (Wildman–Crippen MR) is 84.9 cm³/mol. The second-order valence-electron chi connectivity index (χ2n) is 6.12. The number of hydrogen-bond acceptors (Lipinski definition) is 3. The zero-order valence-electron chi connectivity index (χ0n) is 13.7. The minimum Gasteiger partial charge on any atom is -0.352 e. The Labute approximate surface area is 124 Å². The minimum atomic E-state index is -0.109. The van der Waals surface area contributed by atoms with Gasteiger partial charge in [0.05, 0.1) is 6.04 Å². The maximum absolute atomic E-state index is 12.2. The van der Waals surface area contributed by atoms with Gasteiger partial charge in [0.2, 0.25) is 5.91 Å². The quantitative estimate of drug-likeness (QED) is 0.717. The van der Waals surface area contributed by atoms with E-state index in [4.69, 9.17) is 0 Å². The van der Waals surface area contributed by atoms with Crippen LogP contribution in [-0.4, -0.2) is 48.6 Å². The summed E-state index contributed by atoms with van der Waals surface area (Å²) in [6.07, 6.45) is 6.12. The highest BCUT2D eigenvalue weighted by Gasteiger charge is 2.20. The maximum atomic E-state index is 12.2. The molecule has 0 bridgehead atoms. The molecule has 0 saturated heterocycles. The molecule has 118 valence electrons. The standard InChI is InChI=1S/C16H33N3O/c1-5-19(6-2)12-13(3)17-14(4)16(20)18-15-10-8-7-9-11-15/h13-15,17H,5-12H2,1-4H3,(H,18,20). The van der Waals surface area contributed by atoms with Crippen LogP contribution in [0.25, 0.3) is 0 Å². The fourth-order valence-electron chi connectivity index (χ4n) is 3.00. The first kappa shape index (κ1) is 17.4. The molecule has 1 rings (SSSR count). The Morgan fingerprint density at radius 1 is 1.15 bits per heavy atom. The number of carbonyl (C=O) groups excluding carboxylic acids is 1. The summed E-state index contributed by atoms with van der Waals surface area (Å²) in [4.78, 5) is 14.6. The van der Waals surface area contributed by atoms with Crippen LogP contribution in [0.5, 0.6) is 0 Å². The van der Waals surface area contributed by atoms with E-state index in [0.717, 1.165) is 32.5 Å². The van der Waals surface area contributed by atoms with Gasteiger partial charge in [-0.2, -0.15) is 0 Å². The van der Waals surface area contributed by atoms with Crippen LogP contribution in [0.4, 0.5) is 0 Å². The van der Waals surface area contributed by atoms with E-state index < -0.39 is 0 Å². The molecule has 0 aromatic heterocycles. The molecule has 2 unspecified atom stereocenters. The first-order valence-electron chi connectivity index (χ1n) is 8.35. The molecule has 0 aliphatic heterocycles. The monoisotopic (exact) mass is 283 g/mol. The van der Waals surface area contributed by atoms with E-state index in [1.807, 2.05) is 6.92 Å². The largest absolute Gasteiger partial charge is 0.352 e. The number of carbonyl (C=O) groups is 1. The molecule has 1 saturated carbocycles. The second kappa shape index (κ2) is 9.35. The predicted octanol–water partition coefficient (Wildman–Crippen LogP) is 2.14. The lowest BCUT2D eigenvalue weighted by atomic mass is 9.95. The molecule has 0 spiro atoms. The molecule has 4 heteroatoms. The summed E-state index contributed by atoms with van der Waals surface area (Å²) in [6.45, 7) is 11.6. The molecule has 1 aliphatic carbocycles. The zero-order valence-corrected chi connectivity index (χ0v) is 13.7. The van der Waals surface area contributed by atoms with E-state index in [1.165, 1.54) is 19.3 Å². The van der Waals surface area contributed by atoms with E-state index in [-0.39, 0.29) is 11.9 Å². The van der Waals surface area contributed by atoms with Gasteiger partial charge in [0.25, 0.3) is 0 Å². The molecule has 0 heterocycles. The fourth-order valence-corrected chi connectivity index (χ4v) is 3.00. The van der Waals surface area contributed by atoms with E-state index in [9.17, 15) is 4.79 Å². The number of hydrogen-bond donors (Lipinski definition) is 2. The van der Waals surface area contributed by atoms with Gasteiger partial charge in [-0.05, 0) is 39.8 Å². The van der Waals surface area contributed by atoms with E-state index in [2.05, 4.69) is 36.3 Å². The Morgan fingerprint density at radius 2 is 1.75 bits per heavy atom. The van der Waals surface area contributed by atoms with E-state index in [1.54, 1.807) is 0 Å². The van der Waals surface area contributed by atoms with Crippen molar-refractivity contribution in [3.63, 3.8) is 0 Å². The molecule has 0 radical (unpaired) electrons. The third kappa shape index (κ3) is 6.23. The number of amides is 1. The topological polar surface area (TPSA) is 44.4 Å². The van der Waals surface area contributed by atoms with Crippen molar-refractivity contribution in [3.8, 4) is 0 Å². The summed E-state index contributed by atoms with van der Waals surface area (Å²) in [5.74, 6) is 0.156. The van der Waals surface area contributed by atoms with Gasteiger partial charge >= 0.3 is 0 Å². The number of nitrogens with one attached hydrogen (secondary N) is 2. The highest BCUT2D eigenvalue weighted by Crippen LogP contribution is 2.17. The number of nitrogens with zero attached hydrogens (tertiary/aromatic N) is 1. The molecule has 1 amide bonds. The number of rotatable bonds is 8. The molecule has 0 aromatic carbocycles. The second-order valence-corrected chi connectivity index (χ2v) is 6.12. The normalized spacial score (nSPS) is 19.9. The average molecular weight is 283 g/mol. The lowest BCUT2D eigenvalue weighted by Gasteiger charge is -2.28. The Balaban J connectivity index is 2.29. The van der Waals surface area contributed by atoms with Crippen molar-refractivity contribution in [1.29, 1.82) is 0 Å². The Morgan fingerprint density at radius 3 is 2.30 bits per heavy atom. The van der Waals surface area contributed by atoms with E-state index >= 15 is 0 Å². The number of likely N-dealkylation sites (N-methyl/N-ethyl adjacent to an activating group) is 1. The van der Waals surface area contributed by atoms with Crippen molar-refractivity contribution in [1.82, 2.24) is 15.5 Å². The van der Waals surface area contributed by atoms with Crippen molar-refractivity contribution in [2.75, 3.05) is 19.6 Å². The smallest absolute Gasteiger partial charge is 0.237 e. The van der Waals surface area contributed by atoms with Crippen molar-refractivity contribution >= 4 is 5.91 Å². The Kier molecular flexibility index (Phi) is 8.15.